The van der Waals surface area contributed by atoms with Gasteiger partial charge < -0.3 is 10.2 Å². The van der Waals surface area contributed by atoms with Crippen molar-refractivity contribution >= 4 is 11.7 Å². The Kier molecular flexibility index (Phi) is 6.33. The van der Waals surface area contributed by atoms with Crippen LogP contribution in [0.2, 0.25) is 0 Å². The first-order valence-electron chi connectivity index (χ1n) is 7.08. The zero-order chi connectivity index (χ0) is 14.3. The predicted molar refractivity (Wildman–Crippen MR) is 79.4 cm³/mol. The van der Waals surface area contributed by atoms with Gasteiger partial charge in [0.2, 0.25) is 0 Å². The summed E-state index contributed by atoms with van der Waals surface area (Å²) >= 11 is 0. The maximum Gasteiger partial charge on any atom is 0.272 e. The van der Waals surface area contributed by atoms with Crippen LogP contribution in [0.15, 0.2) is 18.2 Å². The standard InChI is InChI=1S/C15H25N3O/c1-5-10-16-14-9-7-8-13(17-14)15(19)18(6-2)11-12(3)4/h7-9,12H,5-6,10-11H2,1-4H3,(H,16,17). The van der Waals surface area contributed by atoms with Gasteiger partial charge in [-0.1, -0.05) is 26.8 Å². The predicted octanol–water partition coefficient (Wildman–Crippen LogP) is 3.02. The van der Waals surface area contributed by atoms with E-state index in [1.54, 1.807) is 6.07 Å². The van der Waals surface area contributed by atoms with Gasteiger partial charge in [0.05, 0.1) is 0 Å². The molecule has 0 radical (unpaired) electrons. The third-order valence-electron chi connectivity index (χ3n) is 2.78. The average molecular weight is 263 g/mol. The van der Waals surface area contributed by atoms with Gasteiger partial charge in [0.15, 0.2) is 0 Å². The summed E-state index contributed by atoms with van der Waals surface area (Å²) in [5, 5.41) is 3.21. The van der Waals surface area contributed by atoms with Crippen LogP contribution in [0, 0.1) is 5.92 Å². The number of rotatable bonds is 7. The number of nitrogens with zero attached hydrogens (tertiary/aromatic N) is 2. The van der Waals surface area contributed by atoms with Crippen LogP contribution in [0.25, 0.3) is 0 Å². The molecule has 0 aliphatic carbocycles. The summed E-state index contributed by atoms with van der Waals surface area (Å²) < 4.78 is 0. The van der Waals surface area contributed by atoms with Crippen LogP contribution < -0.4 is 5.32 Å². The molecule has 4 nitrogen and oxygen atoms in total. The molecule has 0 aliphatic heterocycles. The molecular formula is C15H25N3O. The summed E-state index contributed by atoms with van der Waals surface area (Å²) in [6, 6.07) is 5.55. The van der Waals surface area contributed by atoms with Crippen molar-refractivity contribution in [3.8, 4) is 0 Å². The molecule has 1 rings (SSSR count). The Bertz CT molecular complexity index is 404. The van der Waals surface area contributed by atoms with Crippen LogP contribution >= 0.6 is 0 Å². The summed E-state index contributed by atoms with van der Waals surface area (Å²) in [5.74, 6) is 1.25. The molecule has 1 aromatic heterocycles. The fourth-order valence-electron chi connectivity index (χ4n) is 1.86. The summed E-state index contributed by atoms with van der Waals surface area (Å²) in [4.78, 5) is 18.6. The Morgan fingerprint density at radius 2 is 2.11 bits per heavy atom. The van der Waals surface area contributed by atoms with E-state index in [2.05, 4.69) is 31.1 Å². The highest BCUT2D eigenvalue weighted by Gasteiger charge is 2.16. The second kappa shape index (κ2) is 7.77. The molecular weight excluding hydrogens is 238 g/mol. The third kappa shape index (κ3) is 4.89. The topological polar surface area (TPSA) is 45.2 Å². The molecule has 1 heterocycles. The lowest BCUT2D eigenvalue weighted by Gasteiger charge is -2.22. The van der Waals surface area contributed by atoms with Gasteiger partial charge in [-0.25, -0.2) is 4.98 Å². The first kappa shape index (κ1) is 15.5. The average Bonchev–Trinajstić information content (AvgIpc) is 2.41. The van der Waals surface area contributed by atoms with Crippen molar-refractivity contribution in [1.82, 2.24) is 9.88 Å². The molecule has 1 N–H and O–H groups in total. The first-order chi connectivity index (χ1) is 9.08. The third-order valence-corrected chi connectivity index (χ3v) is 2.78. The molecule has 106 valence electrons. The number of hydrogen-bond acceptors (Lipinski definition) is 3. The van der Waals surface area contributed by atoms with Gasteiger partial charge in [0, 0.05) is 19.6 Å². The van der Waals surface area contributed by atoms with Crippen molar-refractivity contribution in [3.63, 3.8) is 0 Å². The number of hydrogen-bond donors (Lipinski definition) is 1. The molecule has 4 heteroatoms. The largest absolute Gasteiger partial charge is 0.370 e. The molecule has 0 fully saturated rings. The lowest BCUT2D eigenvalue weighted by Crippen LogP contribution is -2.34. The zero-order valence-electron chi connectivity index (χ0n) is 12.4. The Labute approximate surface area is 116 Å². The summed E-state index contributed by atoms with van der Waals surface area (Å²) in [6.07, 6.45) is 1.04. The molecule has 0 aliphatic rings. The zero-order valence-corrected chi connectivity index (χ0v) is 12.4. The number of nitrogens with one attached hydrogen (secondary N) is 1. The number of amides is 1. The van der Waals surface area contributed by atoms with Crippen molar-refractivity contribution in [2.45, 2.75) is 34.1 Å². The van der Waals surface area contributed by atoms with Crippen LogP contribution in [0.5, 0.6) is 0 Å². The molecule has 0 bridgehead atoms. The van der Waals surface area contributed by atoms with Crippen LogP contribution in [-0.4, -0.2) is 35.4 Å². The fourth-order valence-corrected chi connectivity index (χ4v) is 1.86. The number of carbonyl (C=O) groups is 1. The van der Waals surface area contributed by atoms with Crippen molar-refractivity contribution in [1.29, 1.82) is 0 Å². The maximum absolute atomic E-state index is 12.4. The van der Waals surface area contributed by atoms with E-state index in [1.165, 1.54) is 0 Å². The van der Waals surface area contributed by atoms with E-state index in [1.807, 2.05) is 24.0 Å². The van der Waals surface area contributed by atoms with E-state index >= 15 is 0 Å². The monoisotopic (exact) mass is 263 g/mol. The van der Waals surface area contributed by atoms with Gasteiger partial charge in [0.1, 0.15) is 11.5 Å². The van der Waals surface area contributed by atoms with Crippen LogP contribution in [-0.2, 0) is 0 Å². The lowest BCUT2D eigenvalue weighted by atomic mass is 10.2. The van der Waals surface area contributed by atoms with Gasteiger partial charge in [-0.3, -0.25) is 4.79 Å². The summed E-state index contributed by atoms with van der Waals surface area (Å²) in [7, 11) is 0. The molecule has 0 aromatic carbocycles. The van der Waals surface area contributed by atoms with E-state index in [4.69, 9.17) is 0 Å². The second-order valence-corrected chi connectivity index (χ2v) is 5.07. The van der Waals surface area contributed by atoms with Crippen molar-refractivity contribution < 1.29 is 4.79 Å². The second-order valence-electron chi connectivity index (χ2n) is 5.07. The fraction of sp³-hybridized carbons (Fsp3) is 0.600. The molecule has 0 spiro atoms. The summed E-state index contributed by atoms with van der Waals surface area (Å²) in [6.45, 7) is 10.7. The number of aromatic nitrogens is 1. The molecule has 19 heavy (non-hydrogen) atoms. The molecule has 0 atom stereocenters. The SMILES string of the molecule is CCCNc1cccc(C(=O)N(CC)CC(C)C)n1. The van der Waals surface area contributed by atoms with Gasteiger partial charge in [0.25, 0.3) is 5.91 Å². The molecule has 1 aromatic rings. The molecule has 1 amide bonds. The van der Waals surface area contributed by atoms with E-state index in [-0.39, 0.29) is 5.91 Å². The lowest BCUT2D eigenvalue weighted by molar-refractivity contribution is 0.0740. The Morgan fingerprint density at radius 1 is 1.37 bits per heavy atom. The molecule has 0 unspecified atom stereocenters. The van der Waals surface area contributed by atoms with E-state index in [0.717, 1.165) is 25.3 Å². The van der Waals surface area contributed by atoms with Gasteiger partial charge in [-0.15, -0.1) is 0 Å². The Balaban J connectivity index is 2.79. The maximum atomic E-state index is 12.4. The van der Waals surface area contributed by atoms with Crippen molar-refractivity contribution in [3.05, 3.63) is 23.9 Å². The smallest absolute Gasteiger partial charge is 0.272 e. The van der Waals surface area contributed by atoms with Crippen molar-refractivity contribution in [2.24, 2.45) is 5.92 Å². The first-order valence-corrected chi connectivity index (χ1v) is 7.08. The number of pyridine rings is 1. The van der Waals surface area contributed by atoms with Gasteiger partial charge in [-0.2, -0.15) is 0 Å². The number of carbonyl (C=O) groups excluding carboxylic acids is 1. The van der Waals surface area contributed by atoms with Crippen LogP contribution in [0.1, 0.15) is 44.6 Å². The van der Waals surface area contributed by atoms with E-state index < -0.39 is 0 Å². The van der Waals surface area contributed by atoms with Gasteiger partial charge in [-0.05, 0) is 31.4 Å². The van der Waals surface area contributed by atoms with Gasteiger partial charge >= 0.3 is 0 Å². The quantitative estimate of drug-likeness (QED) is 0.822. The minimum atomic E-state index is 0.0105. The molecule has 0 saturated heterocycles. The summed E-state index contributed by atoms with van der Waals surface area (Å²) in [5.41, 5.74) is 0.517. The Hall–Kier alpha value is -1.58. The van der Waals surface area contributed by atoms with Crippen LogP contribution in [0.4, 0.5) is 5.82 Å². The normalized spacial score (nSPS) is 10.6. The van der Waals surface area contributed by atoms with Crippen LogP contribution in [0.3, 0.4) is 0 Å². The van der Waals surface area contributed by atoms with E-state index in [0.29, 0.717) is 18.2 Å². The highest BCUT2D eigenvalue weighted by molar-refractivity contribution is 5.92. The minimum absolute atomic E-state index is 0.0105. The Morgan fingerprint density at radius 3 is 2.68 bits per heavy atom. The highest BCUT2D eigenvalue weighted by Crippen LogP contribution is 2.09. The number of anilines is 1. The molecule has 0 saturated carbocycles. The highest BCUT2D eigenvalue weighted by atomic mass is 16.2. The van der Waals surface area contributed by atoms with Crippen molar-refractivity contribution in [2.75, 3.05) is 25.0 Å². The minimum Gasteiger partial charge on any atom is -0.370 e. The van der Waals surface area contributed by atoms with E-state index in [9.17, 15) is 4.79 Å².